The van der Waals surface area contributed by atoms with Crippen molar-refractivity contribution in [3.63, 3.8) is 0 Å². The van der Waals surface area contributed by atoms with Gasteiger partial charge in [-0.1, -0.05) is 12.1 Å². The fraction of sp³-hybridized carbons (Fsp3) is 0.611. The average molecular weight is 301 g/mol. The van der Waals surface area contributed by atoms with E-state index in [1.165, 1.54) is 31.4 Å². The van der Waals surface area contributed by atoms with Crippen LogP contribution in [0.15, 0.2) is 30.6 Å². The molecule has 1 aromatic heterocycles. The van der Waals surface area contributed by atoms with Crippen LogP contribution in [0.3, 0.4) is 0 Å². The van der Waals surface area contributed by atoms with E-state index < -0.39 is 0 Å². The van der Waals surface area contributed by atoms with Crippen LogP contribution < -0.4 is 0 Å². The minimum Gasteiger partial charge on any atom is -0.379 e. The summed E-state index contributed by atoms with van der Waals surface area (Å²) in [6.45, 7) is 9.56. The molecule has 22 heavy (non-hydrogen) atoms. The van der Waals surface area contributed by atoms with E-state index >= 15 is 0 Å². The number of benzene rings is 1. The molecule has 1 aromatic carbocycles. The number of fused-ring (bicyclic) bond motifs is 1. The summed E-state index contributed by atoms with van der Waals surface area (Å²) in [5.74, 6) is 0.731. The molecule has 1 aliphatic rings. The highest BCUT2D eigenvalue weighted by Crippen LogP contribution is 2.19. The topological polar surface area (TPSA) is 30.3 Å². The van der Waals surface area contributed by atoms with Gasteiger partial charge in [0, 0.05) is 19.2 Å². The van der Waals surface area contributed by atoms with Crippen molar-refractivity contribution in [1.29, 1.82) is 0 Å². The lowest BCUT2D eigenvalue weighted by Crippen LogP contribution is -2.39. The Morgan fingerprint density at radius 1 is 1.23 bits per heavy atom. The fourth-order valence-electron chi connectivity index (χ4n) is 3.24. The number of ether oxygens (including phenoxy) is 1. The van der Waals surface area contributed by atoms with E-state index in [4.69, 9.17) is 4.74 Å². The minimum atomic E-state index is 0.677. The van der Waals surface area contributed by atoms with Gasteiger partial charge in [0.15, 0.2) is 0 Å². The van der Waals surface area contributed by atoms with Crippen molar-refractivity contribution in [1.82, 2.24) is 14.5 Å². The molecular formula is C18H27N3O. The highest BCUT2D eigenvalue weighted by Gasteiger charge is 2.20. The van der Waals surface area contributed by atoms with Gasteiger partial charge in [-0.05, 0) is 57.8 Å². The number of rotatable bonds is 6. The van der Waals surface area contributed by atoms with Crippen LogP contribution in [-0.4, -0.2) is 46.8 Å². The molecule has 4 heteroatoms. The molecule has 4 nitrogen and oxygen atoms in total. The molecule has 0 N–H and O–H groups in total. The van der Waals surface area contributed by atoms with E-state index in [-0.39, 0.29) is 0 Å². The second kappa shape index (κ2) is 7.25. The van der Waals surface area contributed by atoms with Gasteiger partial charge in [-0.3, -0.25) is 0 Å². The van der Waals surface area contributed by atoms with Crippen LogP contribution >= 0.6 is 0 Å². The van der Waals surface area contributed by atoms with E-state index in [2.05, 4.69) is 46.5 Å². The summed E-state index contributed by atoms with van der Waals surface area (Å²) in [4.78, 5) is 6.98. The molecule has 0 unspecified atom stereocenters. The Labute approximate surface area is 133 Å². The molecule has 2 aromatic rings. The SMILES string of the molecule is CC(C)N1CCC(COCCn2cnc3ccccc32)CC1. The van der Waals surface area contributed by atoms with Gasteiger partial charge in [0.1, 0.15) is 0 Å². The predicted molar refractivity (Wildman–Crippen MR) is 90.0 cm³/mol. The quantitative estimate of drug-likeness (QED) is 0.768. The first kappa shape index (κ1) is 15.5. The third kappa shape index (κ3) is 3.68. The normalized spacial score (nSPS) is 17.6. The van der Waals surface area contributed by atoms with Crippen LogP contribution in [0.4, 0.5) is 0 Å². The molecule has 120 valence electrons. The number of hydrogen-bond acceptors (Lipinski definition) is 3. The maximum absolute atomic E-state index is 5.92. The largest absolute Gasteiger partial charge is 0.379 e. The Hall–Kier alpha value is -1.39. The van der Waals surface area contributed by atoms with Gasteiger partial charge in [-0.2, -0.15) is 0 Å². The lowest BCUT2D eigenvalue weighted by atomic mass is 9.97. The van der Waals surface area contributed by atoms with Gasteiger partial charge in [-0.15, -0.1) is 0 Å². The van der Waals surface area contributed by atoms with Gasteiger partial charge in [-0.25, -0.2) is 4.98 Å². The van der Waals surface area contributed by atoms with E-state index in [1.54, 1.807) is 0 Å². The minimum absolute atomic E-state index is 0.677. The number of nitrogens with zero attached hydrogens (tertiary/aromatic N) is 3. The first-order valence-corrected chi connectivity index (χ1v) is 8.45. The van der Waals surface area contributed by atoms with Gasteiger partial charge in [0.25, 0.3) is 0 Å². The standard InChI is InChI=1S/C18H27N3O/c1-15(2)20-9-7-16(8-10-20)13-22-12-11-21-14-19-17-5-3-4-6-18(17)21/h3-6,14-16H,7-13H2,1-2H3. The summed E-state index contributed by atoms with van der Waals surface area (Å²) in [5.41, 5.74) is 2.25. The molecule has 0 radical (unpaired) electrons. The van der Waals surface area contributed by atoms with Gasteiger partial charge in [0.2, 0.25) is 0 Å². The summed E-state index contributed by atoms with van der Waals surface area (Å²) in [5, 5.41) is 0. The van der Waals surface area contributed by atoms with E-state index in [1.807, 2.05) is 12.4 Å². The molecule has 0 atom stereocenters. The Morgan fingerprint density at radius 3 is 2.77 bits per heavy atom. The molecule has 1 saturated heterocycles. The van der Waals surface area contributed by atoms with Crippen molar-refractivity contribution in [3.8, 4) is 0 Å². The van der Waals surface area contributed by atoms with Crippen molar-refractivity contribution in [2.45, 2.75) is 39.3 Å². The van der Waals surface area contributed by atoms with Crippen LogP contribution in [0.5, 0.6) is 0 Å². The van der Waals surface area contributed by atoms with E-state index in [0.717, 1.165) is 31.2 Å². The summed E-state index contributed by atoms with van der Waals surface area (Å²) in [6.07, 6.45) is 4.45. The zero-order chi connectivity index (χ0) is 15.4. The molecule has 0 amide bonds. The lowest BCUT2D eigenvalue weighted by Gasteiger charge is -2.34. The highest BCUT2D eigenvalue weighted by molar-refractivity contribution is 5.74. The van der Waals surface area contributed by atoms with Crippen LogP contribution in [0, 0.1) is 5.92 Å². The summed E-state index contributed by atoms with van der Waals surface area (Å²) in [6, 6.07) is 8.93. The molecule has 1 aliphatic heterocycles. The highest BCUT2D eigenvalue weighted by atomic mass is 16.5. The van der Waals surface area contributed by atoms with Crippen molar-refractivity contribution in [3.05, 3.63) is 30.6 Å². The zero-order valence-electron chi connectivity index (χ0n) is 13.7. The summed E-state index contributed by atoms with van der Waals surface area (Å²) >= 11 is 0. The number of likely N-dealkylation sites (tertiary alicyclic amines) is 1. The van der Waals surface area contributed by atoms with Crippen molar-refractivity contribution in [2.75, 3.05) is 26.3 Å². The second-order valence-electron chi connectivity index (χ2n) is 6.57. The average Bonchev–Trinajstić information content (AvgIpc) is 2.95. The van der Waals surface area contributed by atoms with Crippen LogP contribution in [0.1, 0.15) is 26.7 Å². The second-order valence-corrected chi connectivity index (χ2v) is 6.57. The molecule has 0 spiro atoms. The Kier molecular flexibility index (Phi) is 5.11. The van der Waals surface area contributed by atoms with Crippen LogP contribution in [0.2, 0.25) is 0 Å². The smallest absolute Gasteiger partial charge is 0.0959 e. The molecular weight excluding hydrogens is 274 g/mol. The lowest BCUT2D eigenvalue weighted by molar-refractivity contribution is 0.0564. The fourth-order valence-corrected chi connectivity index (χ4v) is 3.24. The van der Waals surface area contributed by atoms with E-state index in [0.29, 0.717) is 6.04 Å². The number of imidazole rings is 1. The van der Waals surface area contributed by atoms with E-state index in [9.17, 15) is 0 Å². The van der Waals surface area contributed by atoms with Crippen LogP contribution in [-0.2, 0) is 11.3 Å². The van der Waals surface area contributed by atoms with Gasteiger partial charge in [0.05, 0.1) is 24.0 Å². The third-order valence-electron chi connectivity index (χ3n) is 4.74. The van der Waals surface area contributed by atoms with Crippen LogP contribution in [0.25, 0.3) is 11.0 Å². The number of aromatic nitrogens is 2. The molecule has 3 rings (SSSR count). The molecule has 0 bridgehead atoms. The van der Waals surface area contributed by atoms with Crippen molar-refractivity contribution < 1.29 is 4.74 Å². The zero-order valence-corrected chi connectivity index (χ0v) is 13.7. The Morgan fingerprint density at radius 2 is 2.00 bits per heavy atom. The Bertz CT molecular complexity index is 585. The third-order valence-corrected chi connectivity index (χ3v) is 4.74. The molecule has 1 fully saturated rings. The molecule has 0 aliphatic carbocycles. The van der Waals surface area contributed by atoms with Gasteiger partial charge < -0.3 is 14.2 Å². The first-order valence-electron chi connectivity index (χ1n) is 8.45. The van der Waals surface area contributed by atoms with Crippen molar-refractivity contribution >= 4 is 11.0 Å². The number of piperidine rings is 1. The maximum atomic E-state index is 5.92. The molecule has 2 heterocycles. The number of para-hydroxylation sites is 2. The maximum Gasteiger partial charge on any atom is 0.0959 e. The van der Waals surface area contributed by atoms with Gasteiger partial charge >= 0.3 is 0 Å². The monoisotopic (exact) mass is 301 g/mol. The Balaban J connectivity index is 1.39. The predicted octanol–water partition coefficient (Wildman–Crippen LogP) is 3.17. The summed E-state index contributed by atoms with van der Waals surface area (Å²) in [7, 11) is 0. The summed E-state index contributed by atoms with van der Waals surface area (Å²) < 4.78 is 8.10. The number of hydrogen-bond donors (Lipinski definition) is 0. The first-order chi connectivity index (χ1) is 10.7. The van der Waals surface area contributed by atoms with Crippen molar-refractivity contribution in [2.24, 2.45) is 5.92 Å². The molecule has 0 saturated carbocycles.